The van der Waals surface area contributed by atoms with Crippen LogP contribution in [0, 0.1) is 5.92 Å². The maximum Gasteiger partial charge on any atom is 0.251 e. The number of amides is 2. The topological polar surface area (TPSA) is 70.7 Å². The molecule has 1 unspecified atom stereocenters. The molecule has 2 N–H and O–H groups in total. The average molecular weight is 442 g/mol. The number of methoxy groups -OCH3 is 1. The standard InChI is InChI=1S/C24H31N3O3S/c1-17(2)22(26-23(28)19-6-10-21(30-3)11-7-19)24(29)25-16-18-4-8-20(9-5-18)27-12-14-31-15-13-27/h4-11,17,22H,12-16H2,1-3H3,(H,25,29)(H,26,28). The third kappa shape index (κ3) is 6.40. The van der Waals surface area contributed by atoms with Crippen molar-refractivity contribution in [2.24, 2.45) is 5.92 Å². The van der Waals surface area contributed by atoms with Gasteiger partial charge in [0.25, 0.3) is 5.91 Å². The number of hydrogen-bond acceptors (Lipinski definition) is 5. The van der Waals surface area contributed by atoms with Crippen LogP contribution < -0.4 is 20.3 Å². The number of rotatable bonds is 8. The molecule has 6 nitrogen and oxygen atoms in total. The summed E-state index contributed by atoms with van der Waals surface area (Å²) >= 11 is 1.99. The summed E-state index contributed by atoms with van der Waals surface area (Å²) in [5.74, 6) is 2.50. The zero-order chi connectivity index (χ0) is 22.2. The lowest BCUT2D eigenvalue weighted by Crippen LogP contribution is -2.49. The fourth-order valence-electron chi connectivity index (χ4n) is 3.45. The number of thioether (sulfide) groups is 1. The van der Waals surface area contributed by atoms with Crippen LogP contribution in [0.15, 0.2) is 48.5 Å². The van der Waals surface area contributed by atoms with Gasteiger partial charge in [-0.3, -0.25) is 9.59 Å². The van der Waals surface area contributed by atoms with Crippen molar-refractivity contribution in [1.29, 1.82) is 0 Å². The van der Waals surface area contributed by atoms with E-state index in [4.69, 9.17) is 4.74 Å². The molecule has 1 heterocycles. The van der Waals surface area contributed by atoms with Gasteiger partial charge in [0, 0.05) is 42.4 Å². The largest absolute Gasteiger partial charge is 0.497 e. The Morgan fingerprint density at radius 1 is 1.03 bits per heavy atom. The maximum absolute atomic E-state index is 12.8. The Morgan fingerprint density at radius 2 is 1.68 bits per heavy atom. The normalized spacial score (nSPS) is 14.8. The fourth-order valence-corrected chi connectivity index (χ4v) is 4.35. The summed E-state index contributed by atoms with van der Waals surface area (Å²) in [6, 6.07) is 14.6. The summed E-state index contributed by atoms with van der Waals surface area (Å²) in [6.07, 6.45) is 0. The maximum atomic E-state index is 12.8. The van der Waals surface area contributed by atoms with Gasteiger partial charge in [-0.1, -0.05) is 26.0 Å². The number of carbonyl (C=O) groups excluding carboxylic acids is 2. The number of nitrogens with one attached hydrogen (secondary N) is 2. The second kappa shape index (κ2) is 11.1. The first-order chi connectivity index (χ1) is 15.0. The Balaban J connectivity index is 1.55. The molecule has 1 aliphatic rings. The van der Waals surface area contributed by atoms with Gasteiger partial charge in [-0.25, -0.2) is 0 Å². The Kier molecular flexibility index (Phi) is 8.23. The number of benzene rings is 2. The summed E-state index contributed by atoms with van der Waals surface area (Å²) in [4.78, 5) is 27.8. The molecule has 2 aromatic carbocycles. The molecule has 166 valence electrons. The Hall–Kier alpha value is -2.67. The molecule has 0 bridgehead atoms. The molecule has 0 spiro atoms. The van der Waals surface area contributed by atoms with Gasteiger partial charge in [0.15, 0.2) is 0 Å². The second-order valence-corrected chi connectivity index (χ2v) is 9.13. The van der Waals surface area contributed by atoms with E-state index in [0.29, 0.717) is 17.9 Å². The van der Waals surface area contributed by atoms with Crippen LogP contribution >= 0.6 is 11.8 Å². The summed E-state index contributed by atoms with van der Waals surface area (Å²) in [6.45, 7) is 6.42. The summed E-state index contributed by atoms with van der Waals surface area (Å²) in [5, 5.41) is 5.82. The van der Waals surface area contributed by atoms with Crippen molar-refractivity contribution in [1.82, 2.24) is 10.6 Å². The molecule has 1 aliphatic heterocycles. The number of carbonyl (C=O) groups is 2. The van der Waals surface area contributed by atoms with Crippen LogP contribution in [-0.4, -0.2) is 49.6 Å². The van der Waals surface area contributed by atoms with Crippen molar-refractivity contribution in [3.8, 4) is 5.75 Å². The molecule has 31 heavy (non-hydrogen) atoms. The van der Waals surface area contributed by atoms with Crippen LogP contribution in [0.2, 0.25) is 0 Å². The first-order valence-corrected chi connectivity index (χ1v) is 11.8. The lowest BCUT2D eigenvalue weighted by atomic mass is 10.0. The molecule has 3 rings (SSSR count). The van der Waals surface area contributed by atoms with E-state index in [2.05, 4.69) is 39.8 Å². The van der Waals surface area contributed by atoms with Crippen molar-refractivity contribution < 1.29 is 14.3 Å². The lowest BCUT2D eigenvalue weighted by molar-refractivity contribution is -0.124. The highest BCUT2D eigenvalue weighted by Crippen LogP contribution is 2.20. The SMILES string of the molecule is COc1ccc(C(=O)NC(C(=O)NCc2ccc(N3CCSCC3)cc2)C(C)C)cc1. The Morgan fingerprint density at radius 3 is 2.26 bits per heavy atom. The highest BCUT2D eigenvalue weighted by atomic mass is 32.2. The molecular weight excluding hydrogens is 410 g/mol. The summed E-state index contributed by atoms with van der Waals surface area (Å²) in [7, 11) is 1.58. The molecule has 7 heteroatoms. The van der Waals surface area contributed by atoms with E-state index in [9.17, 15) is 9.59 Å². The highest BCUT2D eigenvalue weighted by molar-refractivity contribution is 7.99. The first kappa shape index (κ1) is 23.0. The van der Waals surface area contributed by atoms with Gasteiger partial charge in [0.05, 0.1) is 7.11 Å². The van der Waals surface area contributed by atoms with Crippen LogP contribution in [0.25, 0.3) is 0 Å². The zero-order valence-electron chi connectivity index (χ0n) is 18.4. The van der Waals surface area contributed by atoms with Gasteiger partial charge in [0.2, 0.25) is 5.91 Å². The molecule has 1 fully saturated rings. The predicted molar refractivity (Wildman–Crippen MR) is 127 cm³/mol. The number of nitrogens with zero attached hydrogens (tertiary/aromatic N) is 1. The summed E-state index contributed by atoms with van der Waals surface area (Å²) < 4.78 is 5.12. The van der Waals surface area contributed by atoms with Crippen molar-refractivity contribution in [2.45, 2.75) is 26.4 Å². The number of hydrogen-bond donors (Lipinski definition) is 2. The van der Waals surface area contributed by atoms with Crippen LogP contribution in [-0.2, 0) is 11.3 Å². The molecule has 1 atom stereocenters. The smallest absolute Gasteiger partial charge is 0.251 e. The minimum absolute atomic E-state index is 0.0402. The minimum Gasteiger partial charge on any atom is -0.497 e. The zero-order valence-corrected chi connectivity index (χ0v) is 19.2. The van der Waals surface area contributed by atoms with Crippen molar-refractivity contribution in [2.75, 3.05) is 36.6 Å². The molecule has 0 aliphatic carbocycles. The Bertz CT molecular complexity index is 863. The van der Waals surface area contributed by atoms with Gasteiger partial charge < -0.3 is 20.3 Å². The van der Waals surface area contributed by atoms with E-state index in [-0.39, 0.29) is 17.7 Å². The van der Waals surface area contributed by atoms with Crippen LogP contribution in [0.3, 0.4) is 0 Å². The van der Waals surface area contributed by atoms with E-state index < -0.39 is 6.04 Å². The highest BCUT2D eigenvalue weighted by Gasteiger charge is 2.24. The third-order valence-corrected chi connectivity index (χ3v) is 6.31. The summed E-state index contributed by atoms with van der Waals surface area (Å²) in [5.41, 5.74) is 2.75. The van der Waals surface area contributed by atoms with Gasteiger partial charge in [-0.2, -0.15) is 11.8 Å². The van der Waals surface area contributed by atoms with E-state index >= 15 is 0 Å². The van der Waals surface area contributed by atoms with Gasteiger partial charge in [-0.05, 0) is 47.9 Å². The van der Waals surface area contributed by atoms with Crippen molar-refractivity contribution in [3.05, 3.63) is 59.7 Å². The van der Waals surface area contributed by atoms with Gasteiger partial charge >= 0.3 is 0 Å². The number of anilines is 1. The molecule has 0 radical (unpaired) electrons. The fraction of sp³-hybridized carbons (Fsp3) is 0.417. The van der Waals surface area contributed by atoms with Crippen LogP contribution in [0.4, 0.5) is 5.69 Å². The van der Waals surface area contributed by atoms with E-state index in [1.807, 2.05) is 25.6 Å². The molecule has 0 saturated carbocycles. The lowest BCUT2D eigenvalue weighted by Gasteiger charge is -2.28. The molecule has 1 saturated heterocycles. The van der Waals surface area contributed by atoms with Crippen LogP contribution in [0.1, 0.15) is 29.8 Å². The minimum atomic E-state index is -0.611. The Labute approximate surface area is 188 Å². The van der Waals surface area contributed by atoms with Crippen LogP contribution in [0.5, 0.6) is 5.75 Å². The molecule has 0 aromatic heterocycles. The van der Waals surface area contributed by atoms with E-state index in [1.165, 1.54) is 5.69 Å². The quantitative estimate of drug-likeness (QED) is 0.658. The van der Waals surface area contributed by atoms with E-state index in [0.717, 1.165) is 30.2 Å². The average Bonchev–Trinajstić information content (AvgIpc) is 2.81. The monoisotopic (exact) mass is 441 g/mol. The number of ether oxygens (including phenoxy) is 1. The van der Waals surface area contributed by atoms with E-state index in [1.54, 1.807) is 31.4 Å². The molecular formula is C24H31N3O3S. The molecule has 2 amide bonds. The van der Waals surface area contributed by atoms with Gasteiger partial charge in [0.1, 0.15) is 11.8 Å². The van der Waals surface area contributed by atoms with Gasteiger partial charge in [-0.15, -0.1) is 0 Å². The molecule has 2 aromatic rings. The third-order valence-electron chi connectivity index (χ3n) is 5.37. The second-order valence-electron chi connectivity index (χ2n) is 7.91. The van der Waals surface area contributed by atoms with Crippen molar-refractivity contribution >= 4 is 29.3 Å². The van der Waals surface area contributed by atoms with Crippen molar-refractivity contribution in [3.63, 3.8) is 0 Å². The first-order valence-electron chi connectivity index (χ1n) is 10.6. The predicted octanol–water partition coefficient (Wildman–Crippen LogP) is 3.32.